The summed E-state index contributed by atoms with van der Waals surface area (Å²) in [7, 11) is 1.70. The first-order valence-electron chi connectivity index (χ1n) is 7.67. The molecule has 2 N–H and O–H groups in total. The van der Waals surface area contributed by atoms with Gasteiger partial charge < -0.3 is 19.9 Å². The van der Waals surface area contributed by atoms with Gasteiger partial charge in [0.1, 0.15) is 5.75 Å². The van der Waals surface area contributed by atoms with Crippen molar-refractivity contribution in [3.63, 3.8) is 0 Å². The SMILES string of the molecule is COc1ccc(C(C)NCC2(CO)COC2)c2ccccc12. The number of hydrogen-bond acceptors (Lipinski definition) is 4. The van der Waals surface area contributed by atoms with Gasteiger partial charge in [-0.1, -0.05) is 30.3 Å². The lowest BCUT2D eigenvalue weighted by molar-refractivity contribution is -0.135. The van der Waals surface area contributed by atoms with E-state index in [1.807, 2.05) is 18.2 Å². The molecule has 1 atom stereocenters. The molecule has 0 amide bonds. The fourth-order valence-electron chi connectivity index (χ4n) is 2.97. The molecule has 1 fully saturated rings. The zero-order valence-corrected chi connectivity index (χ0v) is 13.1. The van der Waals surface area contributed by atoms with Crippen molar-refractivity contribution >= 4 is 10.8 Å². The second kappa shape index (κ2) is 6.24. The predicted molar refractivity (Wildman–Crippen MR) is 87.3 cm³/mol. The number of methoxy groups -OCH3 is 1. The molecule has 0 aliphatic carbocycles. The molecule has 1 heterocycles. The predicted octanol–water partition coefficient (Wildman–Crippen LogP) is 2.51. The maximum Gasteiger partial charge on any atom is 0.126 e. The van der Waals surface area contributed by atoms with Gasteiger partial charge in [-0.3, -0.25) is 0 Å². The molecule has 118 valence electrons. The summed E-state index contributed by atoms with van der Waals surface area (Å²) in [5.41, 5.74) is 1.13. The van der Waals surface area contributed by atoms with Gasteiger partial charge in [-0.15, -0.1) is 0 Å². The quantitative estimate of drug-likeness (QED) is 0.861. The Kier molecular flexibility index (Phi) is 4.34. The molecular weight excluding hydrogens is 278 g/mol. The van der Waals surface area contributed by atoms with Crippen LogP contribution in [0, 0.1) is 5.41 Å². The summed E-state index contributed by atoms with van der Waals surface area (Å²) < 4.78 is 10.7. The molecule has 1 aliphatic heterocycles. The molecule has 4 heteroatoms. The van der Waals surface area contributed by atoms with Gasteiger partial charge in [0.2, 0.25) is 0 Å². The zero-order chi connectivity index (χ0) is 15.6. The maximum atomic E-state index is 9.52. The van der Waals surface area contributed by atoms with Crippen LogP contribution in [0.15, 0.2) is 36.4 Å². The molecule has 22 heavy (non-hydrogen) atoms. The number of hydrogen-bond donors (Lipinski definition) is 2. The van der Waals surface area contributed by atoms with E-state index in [1.54, 1.807) is 7.11 Å². The first kappa shape index (κ1) is 15.3. The van der Waals surface area contributed by atoms with Crippen molar-refractivity contribution < 1.29 is 14.6 Å². The average molecular weight is 301 g/mol. The molecule has 3 rings (SSSR count). The zero-order valence-electron chi connectivity index (χ0n) is 13.1. The minimum Gasteiger partial charge on any atom is -0.496 e. The Balaban J connectivity index is 1.83. The van der Waals surface area contributed by atoms with E-state index in [0.717, 1.165) is 17.7 Å². The maximum absolute atomic E-state index is 9.52. The summed E-state index contributed by atoms with van der Waals surface area (Å²) in [5.74, 6) is 0.894. The van der Waals surface area contributed by atoms with Crippen LogP contribution in [0.25, 0.3) is 10.8 Å². The molecule has 0 spiro atoms. The Morgan fingerprint density at radius 3 is 2.55 bits per heavy atom. The van der Waals surface area contributed by atoms with Gasteiger partial charge in [-0.2, -0.15) is 0 Å². The fraction of sp³-hybridized carbons (Fsp3) is 0.444. The Morgan fingerprint density at radius 1 is 1.23 bits per heavy atom. The highest BCUT2D eigenvalue weighted by molar-refractivity contribution is 5.91. The van der Waals surface area contributed by atoms with Crippen molar-refractivity contribution in [2.75, 3.05) is 33.5 Å². The summed E-state index contributed by atoms with van der Waals surface area (Å²) >= 11 is 0. The lowest BCUT2D eigenvalue weighted by atomic mass is 9.86. The van der Waals surface area contributed by atoms with Crippen LogP contribution in [0.2, 0.25) is 0 Å². The lowest BCUT2D eigenvalue weighted by Crippen LogP contribution is -2.52. The Bertz CT molecular complexity index is 646. The number of rotatable bonds is 6. The number of nitrogens with one attached hydrogen (secondary N) is 1. The summed E-state index contributed by atoms with van der Waals surface area (Å²) in [4.78, 5) is 0. The van der Waals surface area contributed by atoms with E-state index in [1.165, 1.54) is 10.9 Å². The van der Waals surface area contributed by atoms with Gasteiger partial charge in [0.25, 0.3) is 0 Å². The molecule has 2 aromatic carbocycles. The molecule has 0 bridgehead atoms. The van der Waals surface area contributed by atoms with Crippen molar-refractivity contribution in [3.8, 4) is 5.75 Å². The molecule has 2 aromatic rings. The van der Waals surface area contributed by atoms with Crippen LogP contribution in [0.3, 0.4) is 0 Å². The largest absolute Gasteiger partial charge is 0.496 e. The number of aliphatic hydroxyl groups is 1. The highest BCUT2D eigenvalue weighted by Crippen LogP contribution is 2.32. The molecule has 0 radical (unpaired) electrons. The highest BCUT2D eigenvalue weighted by atomic mass is 16.5. The van der Waals surface area contributed by atoms with Crippen molar-refractivity contribution in [2.45, 2.75) is 13.0 Å². The van der Waals surface area contributed by atoms with Gasteiger partial charge in [0, 0.05) is 18.0 Å². The summed E-state index contributed by atoms with van der Waals surface area (Å²) in [6.45, 7) is 4.33. The van der Waals surface area contributed by atoms with E-state index in [0.29, 0.717) is 13.2 Å². The van der Waals surface area contributed by atoms with E-state index in [2.05, 4.69) is 30.4 Å². The first-order valence-corrected chi connectivity index (χ1v) is 7.67. The van der Waals surface area contributed by atoms with Crippen LogP contribution in [0.5, 0.6) is 5.75 Å². The number of benzene rings is 2. The first-order chi connectivity index (χ1) is 10.7. The highest BCUT2D eigenvalue weighted by Gasteiger charge is 2.38. The summed E-state index contributed by atoms with van der Waals surface area (Å²) in [6, 6.07) is 12.6. The third kappa shape index (κ3) is 2.70. The van der Waals surface area contributed by atoms with E-state index < -0.39 is 0 Å². The van der Waals surface area contributed by atoms with Crippen LogP contribution in [0.4, 0.5) is 0 Å². The Hall–Kier alpha value is -1.62. The van der Waals surface area contributed by atoms with Crippen molar-refractivity contribution in [2.24, 2.45) is 5.41 Å². The molecule has 0 aromatic heterocycles. The topological polar surface area (TPSA) is 50.7 Å². The molecule has 0 saturated carbocycles. The average Bonchev–Trinajstić information content (AvgIpc) is 2.53. The van der Waals surface area contributed by atoms with Crippen LogP contribution in [-0.2, 0) is 4.74 Å². The van der Waals surface area contributed by atoms with Gasteiger partial charge in [-0.25, -0.2) is 0 Å². The van der Waals surface area contributed by atoms with E-state index in [-0.39, 0.29) is 18.1 Å². The molecule has 1 saturated heterocycles. The third-order valence-corrected chi connectivity index (χ3v) is 4.54. The van der Waals surface area contributed by atoms with Gasteiger partial charge in [0.15, 0.2) is 0 Å². The minimum absolute atomic E-state index is 0.115. The standard InChI is InChI=1S/C18H23NO3/c1-13(19-9-18(10-20)11-22-12-18)14-7-8-17(21-2)16-6-4-3-5-15(14)16/h3-8,13,19-20H,9-12H2,1-2H3. The van der Waals surface area contributed by atoms with Crippen molar-refractivity contribution in [1.29, 1.82) is 0 Å². The summed E-state index contributed by atoms with van der Waals surface area (Å²) in [5, 5.41) is 15.4. The van der Waals surface area contributed by atoms with Gasteiger partial charge in [0.05, 0.1) is 32.3 Å². The van der Waals surface area contributed by atoms with E-state index >= 15 is 0 Å². The summed E-state index contributed by atoms with van der Waals surface area (Å²) in [6.07, 6.45) is 0. The fourth-order valence-corrected chi connectivity index (χ4v) is 2.97. The van der Waals surface area contributed by atoms with E-state index in [9.17, 15) is 5.11 Å². The van der Waals surface area contributed by atoms with E-state index in [4.69, 9.17) is 9.47 Å². The van der Waals surface area contributed by atoms with Gasteiger partial charge in [-0.05, 0) is 23.9 Å². The van der Waals surface area contributed by atoms with Gasteiger partial charge >= 0.3 is 0 Å². The third-order valence-electron chi connectivity index (χ3n) is 4.54. The van der Waals surface area contributed by atoms with Crippen LogP contribution >= 0.6 is 0 Å². The second-order valence-corrected chi connectivity index (χ2v) is 6.16. The number of aliphatic hydroxyl groups excluding tert-OH is 1. The monoisotopic (exact) mass is 301 g/mol. The molecule has 4 nitrogen and oxygen atoms in total. The van der Waals surface area contributed by atoms with Crippen LogP contribution in [0.1, 0.15) is 18.5 Å². The molecule has 1 aliphatic rings. The van der Waals surface area contributed by atoms with Crippen LogP contribution < -0.4 is 10.1 Å². The Labute approximate surface area is 131 Å². The van der Waals surface area contributed by atoms with Crippen molar-refractivity contribution in [3.05, 3.63) is 42.0 Å². The molecular formula is C18H23NO3. The van der Waals surface area contributed by atoms with Crippen LogP contribution in [-0.4, -0.2) is 38.6 Å². The second-order valence-electron chi connectivity index (χ2n) is 6.16. The van der Waals surface area contributed by atoms with Crippen molar-refractivity contribution in [1.82, 2.24) is 5.32 Å². The number of fused-ring (bicyclic) bond motifs is 1. The minimum atomic E-state index is -0.115. The molecule has 1 unspecified atom stereocenters. The normalized spacial score (nSPS) is 18.0. The Morgan fingerprint density at radius 2 is 1.95 bits per heavy atom. The number of ether oxygens (including phenoxy) is 2. The smallest absolute Gasteiger partial charge is 0.126 e. The lowest BCUT2D eigenvalue weighted by Gasteiger charge is -2.40.